The molecule has 3 nitrogen and oxygen atoms in total. The number of halogens is 3. The Kier molecular flexibility index (Phi) is 3.77. The molecule has 118 valence electrons. The van der Waals surface area contributed by atoms with Gasteiger partial charge in [0.05, 0.1) is 12.7 Å². The van der Waals surface area contributed by atoms with Crippen LogP contribution in [-0.4, -0.2) is 25.6 Å². The Bertz CT molecular complexity index is 561. The fourth-order valence-electron chi connectivity index (χ4n) is 3.56. The molecular weight excluding hydrogens is 293 g/mol. The molecule has 6 heteroatoms. The van der Waals surface area contributed by atoms with E-state index in [1.54, 1.807) is 12.1 Å². The smallest absolute Gasteiger partial charge is 0.372 e. The van der Waals surface area contributed by atoms with Gasteiger partial charge >= 0.3 is 6.36 Å². The Balaban J connectivity index is 1.52. The standard InChI is InChI=1S/C16H17F3N2O/c1-20-12-2-4-13(5-3-12)21-8-6-15(7-9-21)10-14(11-15)22-16(17,18)19/h2-5,14H,6-11H2. The average Bonchev–Trinajstić information content (AvgIpc) is 2.45. The van der Waals surface area contributed by atoms with Gasteiger partial charge in [0.25, 0.3) is 0 Å². The van der Waals surface area contributed by atoms with E-state index in [0.717, 1.165) is 31.6 Å². The first kappa shape index (κ1) is 15.2. The van der Waals surface area contributed by atoms with Crippen LogP contribution in [0.1, 0.15) is 25.7 Å². The quantitative estimate of drug-likeness (QED) is 0.747. The number of anilines is 1. The van der Waals surface area contributed by atoms with Crippen molar-refractivity contribution in [3.63, 3.8) is 0 Å². The highest BCUT2D eigenvalue weighted by molar-refractivity contribution is 5.55. The molecule has 22 heavy (non-hydrogen) atoms. The molecule has 0 radical (unpaired) electrons. The number of nitrogens with zero attached hydrogens (tertiary/aromatic N) is 2. The van der Waals surface area contributed by atoms with E-state index >= 15 is 0 Å². The minimum Gasteiger partial charge on any atom is -0.372 e. The number of benzene rings is 1. The van der Waals surface area contributed by atoms with Crippen LogP contribution in [0.2, 0.25) is 0 Å². The van der Waals surface area contributed by atoms with Crippen molar-refractivity contribution in [3.8, 4) is 0 Å². The van der Waals surface area contributed by atoms with Crippen LogP contribution in [0.15, 0.2) is 24.3 Å². The number of rotatable bonds is 2. The number of alkyl halides is 3. The molecule has 0 aromatic heterocycles. The first-order valence-corrected chi connectivity index (χ1v) is 7.36. The zero-order chi connectivity index (χ0) is 15.8. The summed E-state index contributed by atoms with van der Waals surface area (Å²) >= 11 is 0. The third kappa shape index (κ3) is 3.20. The molecular formula is C16H17F3N2O. The van der Waals surface area contributed by atoms with Gasteiger partial charge in [0.1, 0.15) is 0 Å². The molecule has 1 aliphatic carbocycles. The van der Waals surface area contributed by atoms with Crippen LogP contribution < -0.4 is 4.90 Å². The highest BCUT2D eigenvalue weighted by Crippen LogP contribution is 2.51. The van der Waals surface area contributed by atoms with Gasteiger partial charge < -0.3 is 4.90 Å². The number of hydrogen-bond acceptors (Lipinski definition) is 2. The first-order chi connectivity index (χ1) is 10.4. The predicted octanol–water partition coefficient (Wildman–Crippen LogP) is 4.52. The molecule has 1 saturated carbocycles. The van der Waals surface area contributed by atoms with Crippen LogP contribution in [0.3, 0.4) is 0 Å². The Morgan fingerprint density at radius 3 is 2.23 bits per heavy atom. The molecule has 3 rings (SSSR count). The highest BCUT2D eigenvalue weighted by atomic mass is 19.4. The summed E-state index contributed by atoms with van der Waals surface area (Å²) in [6, 6.07) is 7.45. The lowest BCUT2D eigenvalue weighted by atomic mass is 9.61. The summed E-state index contributed by atoms with van der Waals surface area (Å²) in [6.07, 6.45) is -2.36. The molecule has 0 atom stereocenters. The van der Waals surface area contributed by atoms with Crippen LogP contribution in [0.4, 0.5) is 24.5 Å². The minimum atomic E-state index is -4.52. The van der Waals surface area contributed by atoms with Crippen molar-refractivity contribution >= 4 is 11.4 Å². The van der Waals surface area contributed by atoms with Gasteiger partial charge in [0.15, 0.2) is 5.69 Å². The molecule has 1 spiro atoms. The third-order valence-electron chi connectivity index (χ3n) is 4.79. The lowest BCUT2D eigenvalue weighted by molar-refractivity contribution is -0.360. The molecule has 2 aliphatic rings. The Labute approximate surface area is 127 Å². The zero-order valence-corrected chi connectivity index (χ0v) is 12.1. The topological polar surface area (TPSA) is 16.8 Å². The zero-order valence-electron chi connectivity index (χ0n) is 12.1. The van der Waals surface area contributed by atoms with Crippen LogP contribution in [-0.2, 0) is 4.74 Å². The Morgan fingerprint density at radius 2 is 1.73 bits per heavy atom. The van der Waals surface area contributed by atoms with Gasteiger partial charge in [-0.25, -0.2) is 4.85 Å². The maximum atomic E-state index is 12.2. The van der Waals surface area contributed by atoms with Crippen molar-refractivity contribution in [2.24, 2.45) is 5.41 Å². The molecule has 1 heterocycles. The van der Waals surface area contributed by atoms with Crippen molar-refractivity contribution in [2.45, 2.75) is 38.1 Å². The van der Waals surface area contributed by atoms with Gasteiger partial charge in [0.2, 0.25) is 0 Å². The van der Waals surface area contributed by atoms with E-state index in [2.05, 4.69) is 14.5 Å². The largest absolute Gasteiger partial charge is 0.522 e. The highest BCUT2D eigenvalue weighted by Gasteiger charge is 2.49. The lowest BCUT2D eigenvalue weighted by Gasteiger charge is -2.52. The second-order valence-electron chi connectivity index (χ2n) is 6.21. The molecule has 2 fully saturated rings. The molecule has 1 aromatic rings. The van der Waals surface area contributed by atoms with E-state index in [1.807, 2.05) is 12.1 Å². The van der Waals surface area contributed by atoms with Crippen LogP contribution in [0, 0.1) is 12.0 Å². The second kappa shape index (κ2) is 5.47. The van der Waals surface area contributed by atoms with E-state index in [4.69, 9.17) is 6.57 Å². The number of ether oxygens (including phenoxy) is 1. The predicted molar refractivity (Wildman–Crippen MR) is 76.7 cm³/mol. The fraction of sp³-hybridized carbons (Fsp3) is 0.562. The van der Waals surface area contributed by atoms with E-state index in [0.29, 0.717) is 18.5 Å². The van der Waals surface area contributed by atoms with Crippen molar-refractivity contribution < 1.29 is 17.9 Å². The van der Waals surface area contributed by atoms with Gasteiger partial charge in [-0.05, 0) is 43.2 Å². The fourth-order valence-corrected chi connectivity index (χ4v) is 3.56. The maximum absolute atomic E-state index is 12.2. The first-order valence-electron chi connectivity index (χ1n) is 7.36. The summed E-state index contributed by atoms with van der Waals surface area (Å²) in [5.74, 6) is 0. The number of hydrogen-bond donors (Lipinski definition) is 0. The SMILES string of the molecule is [C-]#[N+]c1ccc(N2CCC3(CC2)CC(OC(F)(F)F)C3)cc1. The molecule has 0 bridgehead atoms. The molecule has 0 N–H and O–H groups in total. The third-order valence-corrected chi connectivity index (χ3v) is 4.79. The maximum Gasteiger partial charge on any atom is 0.522 e. The van der Waals surface area contributed by atoms with Crippen LogP contribution >= 0.6 is 0 Å². The molecule has 0 unspecified atom stereocenters. The lowest BCUT2D eigenvalue weighted by Crippen LogP contribution is -2.51. The summed E-state index contributed by atoms with van der Waals surface area (Å²) in [4.78, 5) is 5.60. The van der Waals surface area contributed by atoms with Gasteiger partial charge in [-0.15, -0.1) is 13.2 Å². The molecule has 1 aromatic carbocycles. The summed E-state index contributed by atoms with van der Waals surface area (Å²) in [5.41, 5.74) is 1.72. The summed E-state index contributed by atoms with van der Waals surface area (Å²) < 4.78 is 40.6. The van der Waals surface area contributed by atoms with E-state index in [9.17, 15) is 13.2 Å². The molecule has 1 saturated heterocycles. The summed E-state index contributed by atoms with van der Waals surface area (Å²) in [7, 11) is 0. The van der Waals surface area contributed by atoms with Crippen molar-refractivity contribution in [3.05, 3.63) is 35.7 Å². The molecule has 1 aliphatic heterocycles. The van der Waals surface area contributed by atoms with Crippen molar-refractivity contribution in [1.29, 1.82) is 0 Å². The summed E-state index contributed by atoms with van der Waals surface area (Å²) in [5, 5.41) is 0. The van der Waals surface area contributed by atoms with Crippen molar-refractivity contribution in [2.75, 3.05) is 18.0 Å². The van der Waals surface area contributed by atoms with Gasteiger partial charge in [-0.1, -0.05) is 12.1 Å². The van der Waals surface area contributed by atoms with Crippen LogP contribution in [0.25, 0.3) is 4.85 Å². The van der Waals surface area contributed by atoms with Crippen molar-refractivity contribution in [1.82, 2.24) is 0 Å². The average molecular weight is 310 g/mol. The van der Waals surface area contributed by atoms with Gasteiger partial charge in [-0.3, -0.25) is 4.74 Å². The minimum absolute atomic E-state index is 0.0306. The summed E-state index contributed by atoms with van der Waals surface area (Å²) in [6.45, 7) is 8.63. The van der Waals surface area contributed by atoms with E-state index < -0.39 is 12.5 Å². The number of piperidine rings is 1. The van der Waals surface area contributed by atoms with Crippen LogP contribution in [0.5, 0.6) is 0 Å². The van der Waals surface area contributed by atoms with Gasteiger partial charge in [0, 0.05) is 18.8 Å². The van der Waals surface area contributed by atoms with E-state index in [1.165, 1.54) is 0 Å². The Hall–Kier alpha value is -1.74. The Morgan fingerprint density at radius 1 is 1.14 bits per heavy atom. The normalized spacial score (nSPS) is 21.5. The van der Waals surface area contributed by atoms with E-state index in [-0.39, 0.29) is 5.41 Å². The monoisotopic (exact) mass is 310 g/mol. The van der Waals surface area contributed by atoms with Gasteiger partial charge in [-0.2, -0.15) is 0 Å². The molecule has 0 amide bonds. The second-order valence-corrected chi connectivity index (χ2v) is 6.21.